The summed E-state index contributed by atoms with van der Waals surface area (Å²) < 4.78 is 26.1. The monoisotopic (exact) mass is 206 g/mol. The number of hydrogen-bond donors (Lipinski definition) is 0. The van der Waals surface area contributed by atoms with Crippen LogP contribution < -0.4 is 0 Å². The van der Waals surface area contributed by atoms with Crippen molar-refractivity contribution in [1.82, 2.24) is 9.36 Å². The second-order valence-corrected chi connectivity index (χ2v) is 5.60. The molecule has 4 nitrogen and oxygen atoms in total. The number of hydrogen-bond acceptors (Lipinski definition) is 5. The van der Waals surface area contributed by atoms with Gasteiger partial charge in [-0.25, -0.2) is 13.4 Å². The lowest BCUT2D eigenvalue weighted by molar-refractivity contribution is 0.596. The first-order chi connectivity index (χ1) is 5.53. The van der Waals surface area contributed by atoms with E-state index >= 15 is 0 Å². The van der Waals surface area contributed by atoms with Crippen molar-refractivity contribution in [2.45, 2.75) is 19.6 Å². The smallest absolute Gasteiger partial charge is 0.156 e. The molecule has 0 unspecified atom stereocenters. The minimum Gasteiger partial charge on any atom is -0.228 e. The number of aromatic nitrogens is 2. The van der Waals surface area contributed by atoms with Gasteiger partial charge in [0.1, 0.15) is 16.6 Å². The largest absolute Gasteiger partial charge is 0.228 e. The fourth-order valence-electron chi connectivity index (χ4n) is 0.689. The van der Waals surface area contributed by atoms with Gasteiger partial charge in [-0.3, -0.25) is 0 Å². The molecule has 1 heterocycles. The maximum atomic E-state index is 11.1. The van der Waals surface area contributed by atoms with Crippen LogP contribution in [0.25, 0.3) is 0 Å². The normalized spacial score (nSPS) is 11.8. The quantitative estimate of drug-likeness (QED) is 0.733. The van der Waals surface area contributed by atoms with Crippen LogP contribution in [-0.2, 0) is 15.6 Å². The van der Waals surface area contributed by atoms with Crippen LogP contribution >= 0.6 is 11.5 Å². The summed E-state index contributed by atoms with van der Waals surface area (Å²) in [6.45, 7) is 3.38. The predicted octanol–water partition coefficient (Wildman–Crippen LogP) is 0.781. The van der Waals surface area contributed by atoms with Crippen LogP contribution in [0.4, 0.5) is 0 Å². The molecule has 0 N–H and O–H groups in total. The Morgan fingerprint density at radius 3 is 2.58 bits per heavy atom. The summed E-state index contributed by atoms with van der Waals surface area (Å²) in [6.07, 6.45) is 0. The molecule has 1 aromatic heterocycles. The summed E-state index contributed by atoms with van der Waals surface area (Å²) in [7, 11) is -2.95. The summed E-state index contributed by atoms with van der Waals surface area (Å²) in [6, 6.07) is 0. The zero-order valence-corrected chi connectivity index (χ0v) is 8.57. The van der Waals surface area contributed by atoms with Gasteiger partial charge in [-0.1, -0.05) is 6.92 Å². The summed E-state index contributed by atoms with van der Waals surface area (Å²) >= 11 is 1.15. The van der Waals surface area contributed by atoms with Crippen LogP contribution in [-0.4, -0.2) is 23.5 Å². The van der Waals surface area contributed by atoms with Crippen LogP contribution in [0.15, 0.2) is 0 Å². The lowest BCUT2D eigenvalue weighted by Gasteiger charge is -1.94. The van der Waals surface area contributed by atoms with Crippen LogP contribution in [0.5, 0.6) is 0 Å². The zero-order chi connectivity index (χ0) is 9.19. The first kappa shape index (κ1) is 9.60. The summed E-state index contributed by atoms with van der Waals surface area (Å²) in [5, 5.41) is 0.578. The molecule has 0 aliphatic carbocycles. The zero-order valence-electron chi connectivity index (χ0n) is 6.94. The van der Waals surface area contributed by atoms with E-state index in [1.165, 1.54) is 0 Å². The second-order valence-electron chi connectivity index (χ2n) is 2.41. The molecule has 0 radical (unpaired) electrons. The van der Waals surface area contributed by atoms with Gasteiger partial charge in [0.2, 0.25) is 0 Å². The molecule has 0 aliphatic rings. The molecule has 0 saturated carbocycles. The van der Waals surface area contributed by atoms with Crippen molar-refractivity contribution in [3.05, 3.63) is 10.8 Å². The first-order valence-corrected chi connectivity index (χ1v) is 6.12. The van der Waals surface area contributed by atoms with Crippen molar-refractivity contribution in [2.75, 3.05) is 5.75 Å². The van der Waals surface area contributed by atoms with E-state index in [-0.39, 0.29) is 11.5 Å². The van der Waals surface area contributed by atoms with E-state index in [4.69, 9.17) is 0 Å². The molecule has 6 heteroatoms. The molecule has 1 rings (SSSR count). The van der Waals surface area contributed by atoms with Gasteiger partial charge >= 0.3 is 0 Å². The highest BCUT2D eigenvalue weighted by Crippen LogP contribution is 2.08. The summed E-state index contributed by atoms with van der Waals surface area (Å²) in [5.41, 5.74) is 0. The molecule has 1 aromatic rings. The van der Waals surface area contributed by atoms with Gasteiger partial charge in [0.15, 0.2) is 9.84 Å². The van der Waals surface area contributed by atoms with Crippen molar-refractivity contribution in [1.29, 1.82) is 0 Å². The molecule has 0 amide bonds. The highest BCUT2D eigenvalue weighted by molar-refractivity contribution is 7.90. The molecular formula is C6H10N2O2S2. The Balaban J connectivity index is 2.77. The second kappa shape index (κ2) is 3.49. The van der Waals surface area contributed by atoms with Crippen molar-refractivity contribution in [3.8, 4) is 0 Å². The number of rotatable bonds is 3. The molecule has 0 spiro atoms. The minimum atomic E-state index is -2.95. The Morgan fingerprint density at radius 2 is 2.17 bits per heavy atom. The van der Waals surface area contributed by atoms with E-state index < -0.39 is 9.84 Å². The SMILES string of the molecule is CCS(=O)(=O)Cc1nc(C)ns1. The third-order valence-corrected chi connectivity index (χ3v) is 3.93. The Kier molecular flexibility index (Phi) is 2.79. The van der Waals surface area contributed by atoms with Gasteiger partial charge in [0.25, 0.3) is 0 Å². The van der Waals surface area contributed by atoms with Crippen LogP contribution in [0.1, 0.15) is 17.8 Å². The third kappa shape index (κ3) is 2.53. The van der Waals surface area contributed by atoms with E-state index in [0.717, 1.165) is 11.5 Å². The first-order valence-electron chi connectivity index (χ1n) is 3.53. The Morgan fingerprint density at radius 1 is 1.50 bits per heavy atom. The number of nitrogens with zero attached hydrogens (tertiary/aromatic N) is 2. The molecular weight excluding hydrogens is 196 g/mol. The lowest BCUT2D eigenvalue weighted by Crippen LogP contribution is -2.06. The number of sulfone groups is 1. The fraction of sp³-hybridized carbons (Fsp3) is 0.667. The van der Waals surface area contributed by atoms with Gasteiger partial charge in [0, 0.05) is 5.75 Å². The van der Waals surface area contributed by atoms with Crippen molar-refractivity contribution in [2.24, 2.45) is 0 Å². The Bertz CT molecular complexity index is 355. The minimum absolute atomic E-state index is 0.0228. The van der Waals surface area contributed by atoms with Gasteiger partial charge in [-0.05, 0) is 18.5 Å². The third-order valence-electron chi connectivity index (χ3n) is 1.35. The molecule has 0 fully saturated rings. The van der Waals surface area contributed by atoms with Crippen LogP contribution in [0.2, 0.25) is 0 Å². The molecule has 0 bridgehead atoms. The highest BCUT2D eigenvalue weighted by atomic mass is 32.2. The van der Waals surface area contributed by atoms with Gasteiger partial charge in [-0.15, -0.1) is 0 Å². The topological polar surface area (TPSA) is 59.9 Å². The van der Waals surface area contributed by atoms with E-state index in [1.807, 2.05) is 0 Å². The fourth-order valence-corrected chi connectivity index (χ4v) is 2.53. The van der Waals surface area contributed by atoms with E-state index in [9.17, 15) is 8.42 Å². The van der Waals surface area contributed by atoms with Crippen LogP contribution in [0, 0.1) is 6.92 Å². The Hall–Kier alpha value is -0.490. The van der Waals surface area contributed by atoms with Crippen molar-refractivity contribution < 1.29 is 8.42 Å². The average Bonchev–Trinajstić information content (AvgIpc) is 2.35. The Labute approximate surface area is 75.7 Å². The molecule has 68 valence electrons. The van der Waals surface area contributed by atoms with Gasteiger partial charge in [0.05, 0.1) is 0 Å². The highest BCUT2D eigenvalue weighted by Gasteiger charge is 2.11. The van der Waals surface area contributed by atoms with Crippen molar-refractivity contribution >= 4 is 21.4 Å². The summed E-state index contributed by atoms with van der Waals surface area (Å²) in [4.78, 5) is 3.97. The van der Waals surface area contributed by atoms with E-state index in [2.05, 4.69) is 9.36 Å². The lowest BCUT2D eigenvalue weighted by atomic mass is 10.7. The van der Waals surface area contributed by atoms with Crippen molar-refractivity contribution in [3.63, 3.8) is 0 Å². The average molecular weight is 206 g/mol. The predicted molar refractivity (Wildman–Crippen MR) is 47.8 cm³/mol. The number of aryl methyl sites for hydroxylation is 1. The van der Waals surface area contributed by atoms with Crippen LogP contribution in [0.3, 0.4) is 0 Å². The van der Waals surface area contributed by atoms with E-state index in [1.54, 1.807) is 13.8 Å². The summed E-state index contributed by atoms with van der Waals surface area (Å²) in [5.74, 6) is 0.821. The maximum absolute atomic E-state index is 11.1. The molecule has 0 aliphatic heterocycles. The molecule has 0 aromatic carbocycles. The standard InChI is InChI=1S/C6H10N2O2S2/c1-3-12(9,10)4-6-7-5(2)8-11-6/h3-4H2,1-2H3. The molecule has 12 heavy (non-hydrogen) atoms. The molecule has 0 atom stereocenters. The maximum Gasteiger partial charge on any atom is 0.156 e. The van der Waals surface area contributed by atoms with E-state index in [0.29, 0.717) is 10.8 Å². The molecule has 0 saturated heterocycles. The van der Waals surface area contributed by atoms with Gasteiger partial charge < -0.3 is 0 Å². The van der Waals surface area contributed by atoms with Gasteiger partial charge in [-0.2, -0.15) is 4.37 Å².